The lowest BCUT2D eigenvalue weighted by molar-refractivity contribution is -0.116. The summed E-state index contributed by atoms with van der Waals surface area (Å²) < 4.78 is 31.9. The second kappa shape index (κ2) is 8.50. The Morgan fingerprint density at radius 3 is 2.39 bits per heavy atom. The van der Waals surface area contributed by atoms with E-state index in [2.05, 4.69) is 10.3 Å². The highest BCUT2D eigenvalue weighted by molar-refractivity contribution is 7.89. The monoisotopic (exact) mass is 455 g/mol. The SMILES string of the molecule is CN(CC(=O)Nc1ccc(-c2nc3ccccc3o2)cc1)S(=O)(=O)c1ccc(Cl)cc1. The molecule has 1 N–H and O–H groups in total. The van der Waals surface area contributed by atoms with Crippen molar-refractivity contribution in [1.82, 2.24) is 9.29 Å². The van der Waals surface area contributed by atoms with Crippen molar-refractivity contribution in [3.63, 3.8) is 0 Å². The number of fused-ring (bicyclic) bond motifs is 1. The van der Waals surface area contributed by atoms with Crippen molar-refractivity contribution in [3.05, 3.63) is 77.8 Å². The van der Waals surface area contributed by atoms with E-state index >= 15 is 0 Å². The number of halogens is 1. The molecule has 1 heterocycles. The van der Waals surface area contributed by atoms with Crippen LogP contribution in [0.1, 0.15) is 0 Å². The van der Waals surface area contributed by atoms with Crippen molar-refractivity contribution >= 4 is 44.3 Å². The van der Waals surface area contributed by atoms with E-state index in [1.807, 2.05) is 24.3 Å². The Balaban J connectivity index is 1.42. The Bertz CT molecular complexity index is 1300. The van der Waals surface area contributed by atoms with Gasteiger partial charge in [0.05, 0.1) is 11.4 Å². The lowest BCUT2D eigenvalue weighted by Crippen LogP contribution is -2.34. The highest BCUT2D eigenvalue weighted by Gasteiger charge is 2.23. The minimum Gasteiger partial charge on any atom is -0.436 e. The van der Waals surface area contributed by atoms with Crippen LogP contribution in [0.4, 0.5) is 5.69 Å². The Morgan fingerprint density at radius 2 is 1.71 bits per heavy atom. The van der Waals surface area contributed by atoms with E-state index in [0.29, 0.717) is 22.2 Å². The molecular formula is C22H18ClN3O4S. The molecule has 0 unspecified atom stereocenters. The number of nitrogens with one attached hydrogen (secondary N) is 1. The molecule has 0 saturated carbocycles. The molecule has 4 rings (SSSR count). The first-order valence-corrected chi connectivity index (χ1v) is 11.1. The van der Waals surface area contributed by atoms with E-state index in [4.69, 9.17) is 16.0 Å². The number of sulfonamides is 1. The maximum atomic E-state index is 12.6. The zero-order chi connectivity index (χ0) is 22.0. The minimum atomic E-state index is -3.81. The number of likely N-dealkylation sites (N-methyl/N-ethyl adjacent to an activating group) is 1. The third-order valence-electron chi connectivity index (χ3n) is 4.60. The number of para-hydroxylation sites is 2. The molecule has 0 aliphatic rings. The van der Waals surface area contributed by atoms with Gasteiger partial charge in [0.2, 0.25) is 21.8 Å². The van der Waals surface area contributed by atoms with Gasteiger partial charge in [-0.2, -0.15) is 4.31 Å². The Labute approximate surface area is 184 Å². The van der Waals surface area contributed by atoms with Gasteiger partial charge in [0, 0.05) is 23.3 Å². The fraction of sp³-hybridized carbons (Fsp3) is 0.0909. The van der Waals surface area contributed by atoms with Crippen LogP contribution in [0.3, 0.4) is 0 Å². The summed E-state index contributed by atoms with van der Waals surface area (Å²) in [5.41, 5.74) is 2.75. The predicted molar refractivity (Wildman–Crippen MR) is 119 cm³/mol. The maximum Gasteiger partial charge on any atom is 0.243 e. The van der Waals surface area contributed by atoms with Gasteiger partial charge in [-0.1, -0.05) is 23.7 Å². The second-order valence-corrected chi connectivity index (χ2v) is 9.31. The van der Waals surface area contributed by atoms with Crippen LogP contribution < -0.4 is 5.32 Å². The summed E-state index contributed by atoms with van der Waals surface area (Å²) in [7, 11) is -2.46. The van der Waals surface area contributed by atoms with Gasteiger partial charge in [0.1, 0.15) is 5.52 Å². The maximum absolute atomic E-state index is 12.6. The number of carbonyl (C=O) groups is 1. The van der Waals surface area contributed by atoms with Gasteiger partial charge in [0.15, 0.2) is 5.58 Å². The van der Waals surface area contributed by atoms with E-state index in [1.54, 1.807) is 24.3 Å². The van der Waals surface area contributed by atoms with Crippen LogP contribution in [0.15, 0.2) is 82.1 Å². The topological polar surface area (TPSA) is 92.5 Å². The van der Waals surface area contributed by atoms with Gasteiger partial charge in [0.25, 0.3) is 0 Å². The second-order valence-electron chi connectivity index (χ2n) is 6.83. The number of nitrogens with zero attached hydrogens (tertiary/aromatic N) is 2. The zero-order valence-electron chi connectivity index (χ0n) is 16.4. The molecule has 0 saturated heterocycles. The third kappa shape index (κ3) is 4.61. The summed E-state index contributed by atoms with van der Waals surface area (Å²) in [5.74, 6) is 0.0162. The Morgan fingerprint density at radius 1 is 1.03 bits per heavy atom. The van der Waals surface area contributed by atoms with Crippen molar-refractivity contribution < 1.29 is 17.6 Å². The summed E-state index contributed by atoms with van der Waals surface area (Å²) in [6.45, 7) is -0.335. The van der Waals surface area contributed by atoms with Gasteiger partial charge in [-0.3, -0.25) is 4.79 Å². The van der Waals surface area contributed by atoms with E-state index < -0.39 is 15.9 Å². The smallest absolute Gasteiger partial charge is 0.243 e. The highest BCUT2D eigenvalue weighted by atomic mass is 35.5. The van der Waals surface area contributed by atoms with Crippen LogP contribution >= 0.6 is 11.6 Å². The fourth-order valence-corrected chi connectivity index (χ4v) is 4.22. The van der Waals surface area contributed by atoms with Crippen LogP contribution in [-0.2, 0) is 14.8 Å². The minimum absolute atomic E-state index is 0.0647. The van der Waals surface area contributed by atoms with E-state index in [9.17, 15) is 13.2 Å². The van der Waals surface area contributed by atoms with Crippen molar-refractivity contribution in [1.29, 1.82) is 0 Å². The number of aromatic nitrogens is 1. The molecule has 3 aromatic carbocycles. The molecule has 9 heteroatoms. The van der Waals surface area contributed by atoms with Gasteiger partial charge >= 0.3 is 0 Å². The number of carbonyl (C=O) groups excluding carboxylic acids is 1. The van der Waals surface area contributed by atoms with Gasteiger partial charge in [-0.15, -0.1) is 0 Å². The van der Waals surface area contributed by atoms with E-state index in [0.717, 1.165) is 15.4 Å². The lowest BCUT2D eigenvalue weighted by Gasteiger charge is -2.17. The van der Waals surface area contributed by atoms with Crippen LogP contribution in [0.25, 0.3) is 22.6 Å². The highest BCUT2D eigenvalue weighted by Crippen LogP contribution is 2.25. The molecule has 0 spiro atoms. The first-order chi connectivity index (χ1) is 14.8. The van der Waals surface area contributed by atoms with Crippen LogP contribution in [0.2, 0.25) is 5.02 Å². The fourth-order valence-electron chi connectivity index (χ4n) is 2.97. The van der Waals surface area contributed by atoms with Crippen molar-refractivity contribution in [2.75, 3.05) is 18.9 Å². The van der Waals surface area contributed by atoms with Gasteiger partial charge in [-0.05, 0) is 60.7 Å². The summed E-state index contributed by atoms with van der Waals surface area (Å²) in [4.78, 5) is 16.9. The predicted octanol–water partition coefficient (Wildman–Crippen LogP) is 4.41. The molecule has 0 atom stereocenters. The number of hydrogen-bond acceptors (Lipinski definition) is 5. The quantitative estimate of drug-likeness (QED) is 0.465. The molecule has 7 nitrogen and oxygen atoms in total. The Kier molecular flexibility index (Phi) is 5.77. The van der Waals surface area contributed by atoms with Crippen molar-refractivity contribution in [2.45, 2.75) is 4.90 Å². The third-order valence-corrected chi connectivity index (χ3v) is 6.67. The van der Waals surface area contributed by atoms with Crippen LogP contribution in [-0.4, -0.2) is 37.2 Å². The largest absolute Gasteiger partial charge is 0.436 e. The summed E-state index contributed by atoms with van der Waals surface area (Å²) >= 11 is 5.80. The summed E-state index contributed by atoms with van der Waals surface area (Å²) in [5, 5.41) is 3.12. The van der Waals surface area contributed by atoms with Gasteiger partial charge < -0.3 is 9.73 Å². The summed E-state index contributed by atoms with van der Waals surface area (Å²) in [6.07, 6.45) is 0. The zero-order valence-corrected chi connectivity index (χ0v) is 18.0. The average molecular weight is 456 g/mol. The van der Waals surface area contributed by atoms with E-state index in [-0.39, 0.29) is 11.4 Å². The molecule has 31 heavy (non-hydrogen) atoms. The van der Waals surface area contributed by atoms with Gasteiger partial charge in [-0.25, -0.2) is 13.4 Å². The molecule has 1 amide bonds. The molecular weight excluding hydrogens is 438 g/mol. The van der Waals surface area contributed by atoms with Crippen LogP contribution in [0, 0.1) is 0 Å². The number of anilines is 1. The van der Waals surface area contributed by atoms with Crippen molar-refractivity contribution in [2.24, 2.45) is 0 Å². The van der Waals surface area contributed by atoms with Crippen molar-refractivity contribution in [3.8, 4) is 11.5 Å². The number of oxazole rings is 1. The number of benzene rings is 3. The molecule has 0 bridgehead atoms. The van der Waals surface area contributed by atoms with Crippen LogP contribution in [0.5, 0.6) is 0 Å². The molecule has 158 valence electrons. The molecule has 4 aromatic rings. The molecule has 0 aliphatic heterocycles. The first kappa shape index (κ1) is 21.0. The number of hydrogen-bond donors (Lipinski definition) is 1. The molecule has 0 aliphatic carbocycles. The average Bonchev–Trinajstić information content (AvgIpc) is 3.18. The molecule has 0 radical (unpaired) electrons. The normalized spacial score (nSPS) is 11.7. The first-order valence-electron chi connectivity index (χ1n) is 9.31. The van der Waals surface area contributed by atoms with E-state index in [1.165, 1.54) is 31.3 Å². The number of rotatable bonds is 6. The number of amides is 1. The Hall–Kier alpha value is -3.20. The molecule has 0 fully saturated rings. The standard InChI is InChI=1S/C22H18ClN3O4S/c1-26(31(28,29)18-12-8-16(23)9-13-18)14-21(27)24-17-10-6-15(7-11-17)22-25-19-4-2-3-5-20(19)30-22/h2-13H,14H2,1H3,(H,24,27). The summed E-state index contributed by atoms with van der Waals surface area (Å²) in [6, 6.07) is 20.2. The molecule has 1 aromatic heterocycles. The lowest BCUT2D eigenvalue weighted by atomic mass is 10.2.